The summed E-state index contributed by atoms with van der Waals surface area (Å²) in [6.45, 7) is 15.5. The maximum atomic E-state index is 15.4. The van der Waals surface area contributed by atoms with Crippen molar-refractivity contribution in [2.45, 2.75) is 147 Å². The number of pyridine rings is 1. The number of carbonyl (C=O) groups excluding carboxylic acids is 3. The molecular formula is C46H62N6O9S2. The number of hydrogen-bond donors (Lipinski definition) is 3. The highest BCUT2D eigenvalue weighted by atomic mass is 32.2. The van der Waals surface area contributed by atoms with E-state index >= 15 is 4.79 Å². The zero-order chi connectivity index (χ0) is 45.8. The van der Waals surface area contributed by atoms with E-state index in [1.54, 1.807) is 40.1 Å². The molecule has 3 aromatic rings. The molecular weight excluding hydrogens is 845 g/mol. The third-order valence-electron chi connectivity index (χ3n) is 13.0. The zero-order valence-corrected chi connectivity index (χ0v) is 39.4. The van der Waals surface area contributed by atoms with E-state index in [0.717, 1.165) is 28.1 Å². The van der Waals surface area contributed by atoms with Crippen LogP contribution in [0.15, 0.2) is 41.9 Å². The maximum Gasteiger partial charge on any atom is 0.408 e. The minimum atomic E-state index is -3.94. The van der Waals surface area contributed by atoms with Gasteiger partial charge in [0.1, 0.15) is 34.5 Å². The Morgan fingerprint density at radius 3 is 2.44 bits per heavy atom. The molecule has 7 rings (SSSR count). The van der Waals surface area contributed by atoms with Gasteiger partial charge in [-0.25, -0.2) is 23.2 Å². The number of carboxylic acid groups (broad SMARTS) is 1. The summed E-state index contributed by atoms with van der Waals surface area (Å²) in [6.07, 6.45) is 7.00. The lowest BCUT2D eigenvalue weighted by atomic mass is 9.82. The van der Waals surface area contributed by atoms with Crippen LogP contribution in [0.5, 0.6) is 11.6 Å². The van der Waals surface area contributed by atoms with Crippen LogP contribution in [0, 0.1) is 17.8 Å². The molecule has 1 saturated heterocycles. The van der Waals surface area contributed by atoms with Crippen molar-refractivity contribution in [1.29, 1.82) is 0 Å². The number of ether oxygens (including phenoxy) is 2. The summed E-state index contributed by atoms with van der Waals surface area (Å²) in [4.78, 5) is 69.8. The van der Waals surface area contributed by atoms with Crippen LogP contribution in [-0.4, -0.2) is 105 Å². The molecule has 0 spiro atoms. The Labute approximate surface area is 374 Å². The number of nitrogens with zero attached hydrogens (tertiary/aromatic N) is 4. The van der Waals surface area contributed by atoms with Crippen molar-refractivity contribution in [3.05, 3.63) is 47.6 Å². The summed E-state index contributed by atoms with van der Waals surface area (Å²) < 4.78 is 40.6. The number of amides is 4. The highest BCUT2D eigenvalue weighted by molar-refractivity contribution is 7.91. The SMILES string of the molecule is CC[C@@H]1C[C@H](C)CCC=C[C@@H]2C[C@@]2(C(=O)NS(=O)(=O)C2CC2)NC(=O)[C@@H]2C[C@@H](Oc3ncc(-c4nc(C(C)(C)C)cs4)c4cc(OC)ccc34)CN2C(=O)[C@H]1N(C(=O)O)C(C)(C)C. The van der Waals surface area contributed by atoms with Crippen molar-refractivity contribution in [3.63, 3.8) is 0 Å². The van der Waals surface area contributed by atoms with Crippen molar-refractivity contribution in [2.24, 2.45) is 17.8 Å². The van der Waals surface area contributed by atoms with Crippen molar-refractivity contribution in [3.8, 4) is 22.2 Å². The van der Waals surface area contributed by atoms with Crippen molar-refractivity contribution in [1.82, 2.24) is 29.8 Å². The Bertz CT molecular complexity index is 2400. The number of methoxy groups -OCH3 is 1. The Kier molecular flexibility index (Phi) is 12.7. The fourth-order valence-electron chi connectivity index (χ4n) is 9.14. The molecule has 17 heteroatoms. The van der Waals surface area contributed by atoms with Gasteiger partial charge in [0, 0.05) is 51.2 Å². The first-order valence-electron chi connectivity index (χ1n) is 22.0. The van der Waals surface area contributed by atoms with E-state index in [1.807, 2.05) is 36.6 Å². The Balaban J connectivity index is 1.29. The minimum Gasteiger partial charge on any atom is -0.497 e. The number of rotatable bonds is 9. The van der Waals surface area contributed by atoms with Gasteiger partial charge in [-0.2, -0.15) is 0 Å². The second kappa shape index (κ2) is 17.3. The smallest absolute Gasteiger partial charge is 0.408 e. The minimum absolute atomic E-state index is 0.0127. The quantitative estimate of drug-likeness (QED) is 0.186. The largest absolute Gasteiger partial charge is 0.497 e. The average Bonchev–Trinajstić information content (AvgIpc) is 4.08. The molecule has 2 aliphatic heterocycles. The van der Waals surface area contributed by atoms with Gasteiger partial charge in [0.2, 0.25) is 27.7 Å². The topological polar surface area (TPSA) is 197 Å². The van der Waals surface area contributed by atoms with E-state index in [0.29, 0.717) is 43.2 Å². The molecule has 0 unspecified atom stereocenters. The van der Waals surface area contributed by atoms with Crippen LogP contribution in [0.1, 0.15) is 112 Å². The molecule has 1 aromatic carbocycles. The van der Waals surface area contributed by atoms with Gasteiger partial charge >= 0.3 is 6.09 Å². The van der Waals surface area contributed by atoms with Gasteiger partial charge in [-0.1, -0.05) is 53.2 Å². The van der Waals surface area contributed by atoms with Gasteiger partial charge in [-0.3, -0.25) is 24.0 Å². The number of nitrogens with one attached hydrogen (secondary N) is 2. The van der Waals surface area contributed by atoms with Crippen LogP contribution >= 0.6 is 11.3 Å². The molecule has 3 fully saturated rings. The number of thiazole rings is 1. The average molecular weight is 907 g/mol. The summed E-state index contributed by atoms with van der Waals surface area (Å²) in [5, 5.41) is 17.3. The molecule has 3 N–H and O–H groups in total. The number of benzene rings is 1. The van der Waals surface area contributed by atoms with Crippen LogP contribution < -0.4 is 19.5 Å². The van der Waals surface area contributed by atoms with E-state index < -0.39 is 80.2 Å². The number of allylic oxidation sites excluding steroid dienone is 1. The first-order valence-corrected chi connectivity index (χ1v) is 24.5. The fraction of sp³-hybridized carbons (Fsp3) is 0.609. The fourth-order valence-corrected chi connectivity index (χ4v) is 11.6. The third-order valence-corrected chi connectivity index (χ3v) is 15.7. The van der Waals surface area contributed by atoms with Crippen LogP contribution in [0.3, 0.4) is 0 Å². The maximum absolute atomic E-state index is 15.4. The third kappa shape index (κ3) is 9.55. The molecule has 0 bridgehead atoms. The van der Waals surface area contributed by atoms with Gasteiger partial charge in [0.25, 0.3) is 5.91 Å². The predicted molar refractivity (Wildman–Crippen MR) is 241 cm³/mol. The summed E-state index contributed by atoms with van der Waals surface area (Å²) in [6, 6.07) is 3.19. The van der Waals surface area contributed by atoms with Crippen molar-refractivity contribution >= 4 is 55.9 Å². The van der Waals surface area contributed by atoms with E-state index in [2.05, 4.69) is 37.7 Å². The second-order valence-electron chi connectivity index (χ2n) is 19.9. The molecule has 7 atom stereocenters. The normalized spacial score (nSPS) is 27.1. The van der Waals surface area contributed by atoms with Gasteiger partial charge < -0.3 is 24.8 Å². The van der Waals surface area contributed by atoms with Gasteiger partial charge in [-0.15, -0.1) is 11.3 Å². The van der Waals surface area contributed by atoms with Crippen LogP contribution in [0.2, 0.25) is 0 Å². The number of hydrogen-bond acceptors (Lipinski definition) is 11. The Morgan fingerprint density at radius 2 is 1.83 bits per heavy atom. The molecule has 2 aromatic heterocycles. The molecule has 2 aliphatic carbocycles. The molecule has 4 amide bonds. The molecule has 342 valence electrons. The zero-order valence-electron chi connectivity index (χ0n) is 37.8. The van der Waals surface area contributed by atoms with Gasteiger partial charge in [-0.05, 0) is 89.3 Å². The number of sulfonamides is 1. The Morgan fingerprint density at radius 1 is 1.10 bits per heavy atom. The lowest BCUT2D eigenvalue weighted by Gasteiger charge is -2.44. The summed E-state index contributed by atoms with van der Waals surface area (Å²) in [7, 11) is -2.36. The molecule has 63 heavy (non-hydrogen) atoms. The monoisotopic (exact) mass is 906 g/mol. The van der Waals surface area contributed by atoms with Crippen LogP contribution in [0.25, 0.3) is 21.3 Å². The van der Waals surface area contributed by atoms with Crippen molar-refractivity contribution in [2.75, 3.05) is 13.7 Å². The second-order valence-corrected chi connectivity index (χ2v) is 22.7. The predicted octanol–water partition coefficient (Wildman–Crippen LogP) is 7.05. The molecule has 15 nitrogen and oxygen atoms in total. The van der Waals surface area contributed by atoms with Crippen LogP contribution in [0.4, 0.5) is 4.79 Å². The standard InChI is InChI=1S/C46H62N6O9S2/c1-10-27-19-26(2)13-11-12-14-28-22-46(28,42(55)50-63(58,59)31-16-17-31)49-38(53)35-21-30(24-51(35)41(54)37(27)52(43(56)57)45(6,7)8)61-39-32-18-15-29(60-9)20-33(32)34(23-47-39)40-48-36(25-62-40)44(3,4)5/h12,14-15,18,20,23,25-28,30-31,35,37H,10-11,13,16-17,19,21-22,24H2,1-9H3,(H,49,53)(H,50,55)(H,56,57)/t26-,27-,28-,30-,35+,37+,46-/m1/s1. The van der Waals surface area contributed by atoms with Crippen molar-refractivity contribution < 1.29 is 42.2 Å². The van der Waals surface area contributed by atoms with Gasteiger partial charge in [0.05, 0.1) is 24.6 Å². The number of aromatic nitrogens is 2. The summed E-state index contributed by atoms with van der Waals surface area (Å²) >= 11 is 1.51. The van der Waals surface area contributed by atoms with Gasteiger partial charge in [0.15, 0.2) is 0 Å². The molecule has 4 aliphatic rings. The lowest BCUT2D eigenvalue weighted by Crippen LogP contribution is -2.62. The molecule has 0 radical (unpaired) electrons. The van der Waals surface area contributed by atoms with E-state index in [9.17, 15) is 27.9 Å². The van der Waals surface area contributed by atoms with E-state index in [1.165, 1.54) is 21.1 Å². The van der Waals surface area contributed by atoms with E-state index in [-0.39, 0.29) is 36.6 Å². The first-order chi connectivity index (χ1) is 29.6. The van der Waals surface area contributed by atoms with E-state index in [4.69, 9.17) is 19.4 Å². The number of carbonyl (C=O) groups is 4. The van der Waals surface area contributed by atoms with Crippen LogP contribution in [-0.2, 0) is 29.8 Å². The Hall–Kier alpha value is -4.77. The summed E-state index contributed by atoms with van der Waals surface area (Å²) in [5.41, 5.74) is -0.993. The highest BCUT2D eigenvalue weighted by Gasteiger charge is 2.62. The first kappa shape index (κ1) is 46.2. The summed E-state index contributed by atoms with van der Waals surface area (Å²) in [5.74, 6) is -1.90. The molecule has 4 heterocycles. The molecule has 2 saturated carbocycles. The lowest BCUT2D eigenvalue weighted by molar-refractivity contribution is -0.146. The number of fused-ring (bicyclic) bond motifs is 3. The highest BCUT2D eigenvalue weighted by Crippen LogP contribution is 2.47.